The molecular weight excluding hydrogens is 214 g/mol. The second-order valence-electron chi connectivity index (χ2n) is 4.80. The number of nitrogens with two attached hydrogens (primary N) is 1. The lowest BCUT2D eigenvalue weighted by Gasteiger charge is -2.21. The van der Waals surface area contributed by atoms with Crippen LogP contribution in [0.1, 0.15) is 43.5 Å². The van der Waals surface area contributed by atoms with Gasteiger partial charge in [-0.25, -0.2) is 4.98 Å². The second kappa shape index (κ2) is 5.96. The molecule has 0 aliphatic heterocycles. The number of aryl methyl sites for hydroxylation is 1. The van der Waals surface area contributed by atoms with Crippen LogP contribution in [0.3, 0.4) is 0 Å². The molecule has 2 rings (SSSR count). The van der Waals surface area contributed by atoms with Gasteiger partial charge in [-0.05, 0) is 31.7 Å². The molecule has 0 unspecified atom stereocenters. The summed E-state index contributed by atoms with van der Waals surface area (Å²) in [6, 6.07) is 2.38. The van der Waals surface area contributed by atoms with Crippen LogP contribution < -0.4 is 10.5 Å². The van der Waals surface area contributed by atoms with Crippen molar-refractivity contribution in [1.29, 1.82) is 0 Å². The average Bonchev–Trinajstić information content (AvgIpc) is 2.37. The summed E-state index contributed by atoms with van der Waals surface area (Å²) in [5, 5.41) is 0. The lowest BCUT2D eigenvalue weighted by Crippen LogP contribution is -2.16. The molecule has 0 radical (unpaired) electrons. The molecular formula is C13H21N3O. The normalized spacial score (nSPS) is 17.1. The summed E-state index contributed by atoms with van der Waals surface area (Å²) in [6.07, 6.45) is 6.58. The first-order chi connectivity index (χ1) is 8.28. The summed E-state index contributed by atoms with van der Waals surface area (Å²) in [4.78, 5) is 8.56. The minimum atomic E-state index is 0.434. The monoisotopic (exact) mass is 235 g/mol. The van der Waals surface area contributed by atoms with Crippen LogP contribution in [-0.4, -0.2) is 16.6 Å². The maximum absolute atomic E-state index is 5.69. The quantitative estimate of drug-likeness (QED) is 0.869. The number of hydrogen-bond donors (Lipinski definition) is 1. The third-order valence-electron chi connectivity index (χ3n) is 3.27. The Morgan fingerprint density at radius 1 is 1.29 bits per heavy atom. The van der Waals surface area contributed by atoms with Crippen molar-refractivity contribution >= 4 is 0 Å². The van der Waals surface area contributed by atoms with Crippen molar-refractivity contribution in [2.24, 2.45) is 11.7 Å². The molecule has 1 heterocycles. The van der Waals surface area contributed by atoms with E-state index >= 15 is 0 Å². The molecule has 4 heteroatoms. The van der Waals surface area contributed by atoms with E-state index in [9.17, 15) is 0 Å². The van der Waals surface area contributed by atoms with Crippen LogP contribution in [0.15, 0.2) is 6.07 Å². The predicted molar refractivity (Wildman–Crippen MR) is 66.7 cm³/mol. The van der Waals surface area contributed by atoms with Gasteiger partial charge in [0.1, 0.15) is 0 Å². The minimum absolute atomic E-state index is 0.434. The Kier molecular flexibility index (Phi) is 4.31. The van der Waals surface area contributed by atoms with Gasteiger partial charge in [0.2, 0.25) is 0 Å². The molecule has 1 aliphatic rings. The summed E-state index contributed by atoms with van der Waals surface area (Å²) >= 11 is 0. The van der Waals surface area contributed by atoms with E-state index in [1.807, 2.05) is 13.0 Å². The second-order valence-corrected chi connectivity index (χ2v) is 4.80. The summed E-state index contributed by atoms with van der Waals surface area (Å²) in [5.74, 6) is 0.675. The number of rotatable bonds is 4. The Morgan fingerprint density at radius 2 is 2.06 bits per heavy atom. The van der Waals surface area contributed by atoms with Crippen molar-refractivity contribution < 1.29 is 4.74 Å². The van der Waals surface area contributed by atoms with E-state index in [2.05, 4.69) is 9.97 Å². The van der Waals surface area contributed by atoms with Gasteiger partial charge in [0.15, 0.2) is 0 Å². The maximum Gasteiger partial charge on any atom is 0.316 e. The standard InChI is InChI=1S/C13H21N3O/c1-10-7-12(8-14)16-13(15-10)17-9-11-5-3-2-4-6-11/h7,11H,2-6,8-9,14H2,1H3. The first kappa shape index (κ1) is 12.3. The highest BCUT2D eigenvalue weighted by molar-refractivity contribution is 5.12. The molecule has 0 bridgehead atoms. The summed E-state index contributed by atoms with van der Waals surface area (Å²) < 4.78 is 5.69. The zero-order chi connectivity index (χ0) is 12.1. The topological polar surface area (TPSA) is 61.0 Å². The van der Waals surface area contributed by atoms with Gasteiger partial charge in [-0.2, -0.15) is 4.98 Å². The molecule has 1 fully saturated rings. The first-order valence-corrected chi connectivity index (χ1v) is 6.45. The van der Waals surface area contributed by atoms with Crippen LogP contribution in [0.2, 0.25) is 0 Å². The van der Waals surface area contributed by atoms with E-state index in [0.717, 1.165) is 18.0 Å². The number of aromatic nitrogens is 2. The molecule has 0 spiro atoms. The Balaban J connectivity index is 1.91. The van der Waals surface area contributed by atoms with E-state index in [-0.39, 0.29) is 0 Å². The smallest absolute Gasteiger partial charge is 0.316 e. The van der Waals surface area contributed by atoms with Crippen LogP contribution in [0.5, 0.6) is 6.01 Å². The largest absolute Gasteiger partial charge is 0.463 e. The van der Waals surface area contributed by atoms with Crippen molar-refractivity contribution in [3.8, 4) is 6.01 Å². The first-order valence-electron chi connectivity index (χ1n) is 6.45. The molecule has 17 heavy (non-hydrogen) atoms. The molecule has 0 aromatic carbocycles. The van der Waals surface area contributed by atoms with Gasteiger partial charge < -0.3 is 10.5 Å². The number of nitrogens with zero attached hydrogens (tertiary/aromatic N) is 2. The maximum atomic E-state index is 5.69. The number of hydrogen-bond acceptors (Lipinski definition) is 4. The molecule has 1 aromatic rings. The lowest BCUT2D eigenvalue weighted by atomic mass is 9.90. The van der Waals surface area contributed by atoms with Crippen molar-refractivity contribution in [2.45, 2.75) is 45.6 Å². The Bertz CT molecular complexity index is 362. The van der Waals surface area contributed by atoms with Crippen molar-refractivity contribution in [3.63, 3.8) is 0 Å². The summed E-state index contributed by atoms with van der Waals surface area (Å²) in [7, 11) is 0. The van der Waals surface area contributed by atoms with E-state index in [4.69, 9.17) is 10.5 Å². The van der Waals surface area contributed by atoms with Crippen LogP contribution >= 0.6 is 0 Å². The van der Waals surface area contributed by atoms with Crippen LogP contribution in [-0.2, 0) is 6.54 Å². The highest BCUT2D eigenvalue weighted by Gasteiger charge is 2.14. The van der Waals surface area contributed by atoms with E-state index in [0.29, 0.717) is 18.5 Å². The lowest BCUT2D eigenvalue weighted by molar-refractivity contribution is 0.195. The van der Waals surface area contributed by atoms with E-state index < -0.39 is 0 Å². The van der Waals surface area contributed by atoms with Gasteiger partial charge in [-0.1, -0.05) is 19.3 Å². The Morgan fingerprint density at radius 3 is 2.76 bits per heavy atom. The third-order valence-corrected chi connectivity index (χ3v) is 3.27. The Labute approximate surface area is 103 Å². The molecule has 1 saturated carbocycles. The summed E-state index contributed by atoms with van der Waals surface area (Å²) in [5.41, 5.74) is 7.34. The fourth-order valence-electron chi connectivity index (χ4n) is 2.32. The molecule has 4 nitrogen and oxygen atoms in total. The van der Waals surface area contributed by atoms with E-state index in [1.165, 1.54) is 32.1 Å². The molecule has 1 aliphatic carbocycles. The molecule has 1 aromatic heterocycles. The number of ether oxygens (including phenoxy) is 1. The van der Waals surface area contributed by atoms with Crippen molar-refractivity contribution in [2.75, 3.05) is 6.61 Å². The highest BCUT2D eigenvalue weighted by atomic mass is 16.5. The SMILES string of the molecule is Cc1cc(CN)nc(OCC2CCCCC2)n1. The van der Waals surface area contributed by atoms with Gasteiger partial charge in [-0.3, -0.25) is 0 Å². The average molecular weight is 235 g/mol. The molecule has 94 valence electrons. The highest BCUT2D eigenvalue weighted by Crippen LogP contribution is 2.24. The fraction of sp³-hybridized carbons (Fsp3) is 0.692. The van der Waals surface area contributed by atoms with Gasteiger partial charge in [0.25, 0.3) is 0 Å². The third kappa shape index (κ3) is 3.66. The van der Waals surface area contributed by atoms with Gasteiger partial charge in [0.05, 0.1) is 12.3 Å². The van der Waals surface area contributed by atoms with Crippen LogP contribution in [0.4, 0.5) is 0 Å². The molecule has 0 amide bonds. The zero-order valence-corrected chi connectivity index (χ0v) is 10.5. The molecule has 0 atom stereocenters. The van der Waals surface area contributed by atoms with Crippen molar-refractivity contribution in [1.82, 2.24) is 9.97 Å². The van der Waals surface area contributed by atoms with Gasteiger partial charge in [-0.15, -0.1) is 0 Å². The Hall–Kier alpha value is -1.16. The van der Waals surface area contributed by atoms with Gasteiger partial charge >= 0.3 is 6.01 Å². The van der Waals surface area contributed by atoms with E-state index in [1.54, 1.807) is 0 Å². The van der Waals surface area contributed by atoms with Gasteiger partial charge in [0, 0.05) is 12.2 Å². The fourth-order valence-corrected chi connectivity index (χ4v) is 2.32. The zero-order valence-electron chi connectivity index (χ0n) is 10.5. The molecule has 2 N–H and O–H groups in total. The van der Waals surface area contributed by atoms with Crippen molar-refractivity contribution in [3.05, 3.63) is 17.5 Å². The predicted octanol–water partition coefficient (Wildman–Crippen LogP) is 2.20. The summed E-state index contributed by atoms with van der Waals surface area (Å²) in [6.45, 7) is 3.12. The van der Waals surface area contributed by atoms with Crippen LogP contribution in [0.25, 0.3) is 0 Å². The molecule has 0 saturated heterocycles. The minimum Gasteiger partial charge on any atom is -0.463 e. The van der Waals surface area contributed by atoms with Crippen LogP contribution in [0, 0.1) is 12.8 Å².